The van der Waals surface area contributed by atoms with Crippen LogP contribution in [-0.4, -0.2) is 33.8 Å². The molecule has 1 atom stereocenters. The first-order valence-corrected chi connectivity index (χ1v) is 7.93. The zero-order valence-electron chi connectivity index (χ0n) is 14.3. The number of hydrogen-bond acceptors (Lipinski definition) is 4. The van der Waals surface area contributed by atoms with Crippen LogP contribution in [0.5, 0.6) is 0 Å². The normalized spacial score (nSPS) is 11.7. The molecule has 0 aliphatic rings. The molecule has 3 amide bonds. The number of nitrogens with zero attached hydrogens (tertiary/aromatic N) is 3. The van der Waals surface area contributed by atoms with Crippen molar-refractivity contribution >= 4 is 17.6 Å². The predicted molar refractivity (Wildman–Crippen MR) is 90.7 cm³/mol. The van der Waals surface area contributed by atoms with Gasteiger partial charge in [0.05, 0.1) is 11.6 Å². The minimum absolute atomic E-state index is 0.143. The highest BCUT2D eigenvalue weighted by atomic mass is 19.1. The number of hydrogen-bond donors (Lipinski definition) is 3. The Kier molecular flexibility index (Phi) is 6.04. The summed E-state index contributed by atoms with van der Waals surface area (Å²) >= 11 is 0. The standard InChI is InChI=1S/C16H21FN6O2/c1-4-7-23-14(19-9-20-23)10(2)21-16(25)22-11-5-6-13(17)12(8-11)15(24)18-3/h5-6,8-10H,4,7H2,1-3H3,(H,18,24)(H2,21,22,25)/t10-/m1/s1. The van der Waals surface area contributed by atoms with Gasteiger partial charge in [-0.3, -0.25) is 4.79 Å². The average Bonchev–Trinajstić information content (AvgIpc) is 3.04. The zero-order valence-corrected chi connectivity index (χ0v) is 14.3. The number of halogens is 1. The first-order chi connectivity index (χ1) is 12.0. The van der Waals surface area contributed by atoms with Gasteiger partial charge in [-0.05, 0) is 31.5 Å². The van der Waals surface area contributed by atoms with Crippen molar-refractivity contribution in [1.29, 1.82) is 0 Å². The fourth-order valence-electron chi connectivity index (χ4n) is 2.33. The molecule has 0 saturated heterocycles. The van der Waals surface area contributed by atoms with Gasteiger partial charge in [0, 0.05) is 19.3 Å². The van der Waals surface area contributed by atoms with E-state index >= 15 is 0 Å². The smallest absolute Gasteiger partial charge is 0.319 e. The van der Waals surface area contributed by atoms with Gasteiger partial charge in [0.15, 0.2) is 0 Å². The molecule has 0 aliphatic heterocycles. The van der Waals surface area contributed by atoms with Gasteiger partial charge in [0.1, 0.15) is 18.0 Å². The van der Waals surface area contributed by atoms with E-state index in [1.807, 2.05) is 6.92 Å². The number of nitrogens with one attached hydrogen (secondary N) is 3. The molecule has 0 fully saturated rings. The van der Waals surface area contributed by atoms with Crippen molar-refractivity contribution in [2.75, 3.05) is 12.4 Å². The van der Waals surface area contributed by atoms with E-state index in [9.17, 15) is 14.0 Å². The highest BCUT2D eigenvalue weighted by molar-refractivity contribution is 5.97. The van der Waals surface area contributed by atoms with Crippen molar-refractivity contribution in [3.05, 3.63) is 41.7 Å². The molecule has 0 bridgehead atoms. The molecule has 0 radical (unpaired) electrons. The topological polar surface area (TPSA) is 101 Å². The third kappa shape index (κ3) is 4.52. The number of aromatic nitrogens is 3. The molecule has 1 heterocycles. The predicted octanol–water partition coefficient (Wildman–Crippen LogP) is 2.07. The summed E-state index contributed by atoms with van der Waals surface area (Å²) in [5.41, 5.74) is 0.163. The summed E-state index contributed by atoms with van der Waals surface area (Å²) in [5, 5.41) is 11.8. The maximum absolute atomic E-state index is 13.7. The minimum Gasteiger partial charge on any atom is -0.355 e. The molecule has 25 heavy (non-hydrogen) atoms. The Morgan fingerprint density at radius 2 is 2.12 bits per heavy atom. The van der Waals surface area contributed by atoms with Gasteiger partial charge in [-0.2, -0.15) is 5.10 Å². The van der Waals surface area contributed by atoms with Crippen molar-refractivity contribution in [3.63, 3.8) is 0 Å². The summed E-state index contributed by atoms with van der Waals surface area (Å²) < 4.78 is 15.4. The van der Waals surface area contributed by atoms with E-state index in [2.05, 4.69) is 26.0 Å². The average molecular weight is 348 g/mol. The van der Waals surface area contributed by atoms with Crippen LogP contribution in [0.4, 0.5) is 14.9 Å². The summed E-state index contributed by atoms with van der Waals surface area (Å²) in [5.74, 6) is -0.587. The van der Waals surface area contributed by atoms with Crippen LogP contribution in [0.1, 0.15) is 42.5 Å². The molecule has 8 nitrogen and oxygen atoms in total. The van der Waals surface area contributed by atoms with Crippen molar-refractivity contribution in [2.24, 2.45) is 0 Å². The number of amides is 3. The van der Waals surface area contributed by atoms with E-state index in [4.69, 9.17) is 0 Å². The van der Waals surface area contributed by atoms with Gasteiger partial charge in [-0.15, -0.1) is 0 Å². The summed E-state index contributed by atoms with van der Waals surface area (Å²) in [6.45, 7) is 4.52. The quantitative estimate of drug-likeness (QED) is 0.744. The van der Waals surface area contributed by atoms with Gasteiger partial charge in [0.25, 0.3) is 5.91 Å². The molecule has 1 aromatic carbocycles. The first kappa shape index (κ1) is 18.4. The molecule has 9 heteroatoms. The van der Waals surface area contributed by atoms with Gasteiger partial charge in [-0.1, -0.05) is 6.92 Å². The Morgan fingerprint density at radius 1 is 1.36 bits per heavy atom. The lowest BCUT2D eigenvalue weighted by Crippen LogP contribution is -2.33. The summed E-state index contributed by atoms with van der Waals surface area (Å²) in [7, 11) is 1.41. The van der Waals surface area contributed by atoms with Crippen LogP contribution >= 0.6 is 0 Å². The highest BCUT2D eigenvalue weighted by Gasteiger charge is 2.16. The van der Waals surface area contributed by atoms with E-state index in [0.29, 0.717) is 18.1 Å². The molecule has 2 aromatic rings. The third-order valence-corrected chi connectivity index (χ3v) is 3.51. The zero-order chi connectivity index (χ0) is 18.4. The Balaban J connectivity index is 2.05. The minimum atomic E-state index is -0.661. The molecule has 0 aliphatic carbocycles. The highest BCUT2D eigenvalue weighted by Crippen LogP contribution is 2.15. The Morgan fingerprint density at radius 3 is 2.80 bits per heavy atom. The molecule has 2 rings (SSSR count). The van der Waals surface area contributed by atoms with Crippen molar-refractivity contribution < 1.29 is 14.0 Å². The Labute approximate surface area is 144 Å². The van der Waals surface area contributed by atoms with Crippen molar-refractivity contribution in [3.8, 4) is 0 Å². The van der Waals surface area contributed by atoms with E-state index in [1.165, 1.54) is 25.5 Å². The number of rotatable bonds is 6. The molecular weight excluding hydrogens is 327 g/mol. The fraction of sp³-hybridized carbons (Fsp3) is 0.375. The number of carbonyl (C=O) groups excluding carboxylic acids is 2. The van der Waals surface area contributed by atoms with E-state index < -0.39 is 17.8 Å². The molecule has 1 aromatic heterocycles. The largest absolute Gasteiger partial charge is 0.355 e. The van der Waals surface area contributed by atoms with Crippen LogP contribution in [0.25, 0.3) is 0 Å². The number of aryl methyl sites for hydroxylation is 1. The van der Waals surface area contributed by atoms with Gasteiger partial charge >= 0.3 is 6.03 Å². The lowest BCUT2D eigenvalue weighted by molar-refractivity contribution is 0.0959. The van der Waals surface area contributed by atoms with Crippen LogP contribution < -0.4 is 16.0 Å². The Hall–Kier alpha value is -2.97. The number of anilines is 1. The maximum atomic E-state index is 13.7. The lowest BCUT2D eigenvalue weighted by Gasteiger charge is -2.15. The van der Waals surface area contributed by atoms with Crippen molar-refractivity contribution in [1.82, 2.24) is 25.4 Å². The number of urea groups is 1. The van der Waals surface area contributed by atoms with Crippen molar-refractivity contribution in [2.45, 2.75) is 32.9 Å². The summed E-state index contributed by atoms with van der Waals surface area (Å²) in [4.78, 5) is 27.9. The molecule has 0 saturated carbocycles. The van der Waals surface area contributed by atoms with Gasteiger partial charge < -0.3 is 16.0 Å². The van der Waals surface area contributed by atoms with E-state index in [0.717, 1.165) is 12.5 Å². The van der Waals surface area contributed by atoms with Crippen LogP contribution in [0.2, 0.25) is 0 Å². The van der Waals surface area contributed by atoms with Crippen LogP contribution in [-0.2, 0) is 6.54 Å². The molecular formula is C16H21FN6O2. The second-order valence-electron chi connectivity index (χ2n) is 5.44. The molecule has 0 spiro atoms. The second-order valence-corrected chi connectivity index (χ2v) is 5.44. The summed E-state index contributed by atoms with van der Waals surface area (Å²) in [6, 6.07) is 2.92. The number of carbonyl (C=O) groups is 2. The maximum Gasteiger partial charge on any atom is 0.319 e. The van der Waals surface area contributed by atoms with E-state index in [-0.39, 0.29) is 11.6 Å². The summed E-state index contributed by atoms with van der Waals surface area (Å²) in [6.07, 6.45) is 2.34. The second kappa shape index (κ2) is 8.22. The van der Waals surface area contributed by atoms with Crippen LogP contribution in [0, 0.1) is 5.82 Å². The first-order valence-electron chi connectivity index (χ1n) is 7.93. The third-order valence-electron chi connectivity index (χ3n) is 3.51. The molecule has 3 N–H and O–H groups in total. The molecule has 134 valence electrons. The van der Waals surface area contributed by atoms with Gasteiger partial charge in [0.2, 0.25) is 0 Å². The molecule has 0 unspecified atom stereocenters. The number of benzene rings is 1. The SMILES string of the molecule is CCCn1ncnc1[C@@H](C)NC(=O)Nc1ccc(F)c(C(=O)NC)c1. The van der Waals surface area contributed by atoms with E-state index in [1.54, 1.807) is 11.6 Å². The fourth-order valence-corrected chi connectivity index (χ4v) is 2.33. The van der Waals surface area contributed by atoms with Crippen LogP contribution in [0.15, 0.2) is 24.5 Å². The van der Waals surface area contributed by atoms with Gasteiger partial charge in [-0.25, -0.2) is 18.9 Å². The lowest BCUT2D eigenvalue weighted by atomic mass is 10.1. The van der Waals surface area contributed by atoms with Crippen LogP contribution in [0.3, 0.4) is 0 Å². The Bertz CT molecular complexity index is 761. The monoisotopic (exact) mass is 348 g/mol.